The molecule has 1 heterocycles. The zero-order chi connectivity index (χ0) is 29.5. The van der Waals surface area contributed by atoms with Crippen LogP contribution in [0.4, 0.5) is 17.1 Å². The van der Waals surface area contributed by atoms with Gasteiger partial charge in [0.25, 0.3) is 0 Å². The van der Waals surface area contributed by atoms with E-state index in [4.69, 9.17) is 4.42 Å². The molecule has 7 aromatic rings. The third-order valence-corrected chi connectivity index (χ3v) is 11.1. The van der Waals surface area contributed by atoms with Crippen LogP contribution in [0.5, 0.6) is 0 Å². The summed E-state index contributed by atoms with van der Waals surface area (Å²) in [6.07, 6.45) is 5.36. The van der Waals surface area contributed by atoms with Crippen molar-refractivity contribution in [3.63, 3.8) is 0 Å². The Bertz CT molecular complexity index is 2260. The van der Waals surface area contributed by atoms with Crippen molar-refractivity contribution in [3.8, 4) is 22.3 Å². The Balaban J connectivity index is 1.22. The topological polar surface area (TPSA) is 16.4 Å². The van der Waals surface area contributed by atoms with Crippen LogP contribution in [0.2, 0.25) is 0 Å². The van der Waals surface area contributed by atoms with Gasteiger partial charge in [0, 0.05) is 39.2 Å². The number of hydrogen-bond acceptors (Lipinski definition) is 2. The Kier molecular flexibility index (Phi) is 5.31. The molecule has 2 heteroatoms. The first-order chi connectivity index (χ1) is 22.3. The van der Waals surface area contributed by atoms with E-state index in [1.54, 1.807) is 5.56 Å². The molecule has 10 rings (SSSR count). The van der Waals surface area contributed by atoms with Gasteiger partial charge in [0.05, 0.1) is 5.69 Å². The third-order valence-electron chi connectivity index (χ3n) is 11.1. The highest BCUT2D eigenvalue weighted by molar-refractivity contribution is 6.06. The van der Waals surface area contributed by atoms with Crippen molar-refractivity contribution in [2.45, 2.75) is 31.1 Å². The molecular weight excluding hydrogens is 546 g/mol. The normalized spacial score (nSPS) is 21.1. The predicted molar refractivity (Wildman–Crippen MR) is 186 cm³/mol. The number of benzene rings is 6. The van der Waals surface area contributed by atoms with Crippen LogP contribution in [0.25, 0.3) is 44.2 Å². The number of fused-ring (bicyclic) bond motifs is 11. The molecule has 1 aromatic heterocycles. The zero-order valence-electron chi connectivity index (χ0n) is 25.1. The standard InChI is InChI=1S/C43H33NO/c1-2-10-29(11-3-1)33-12-5-8-16-40(33)44(32-21-23-37-36-14-6-9-17-41(36)45-42(37)26-32)31-20-22-35-34-13-4-7-15-38(34)43(39(35)25-31)27-28-18-19-30(43)24-28/h1-17,20-23,25-26,28,30H,18-19,24,27H2. The second kappa shape index (κ2) is 9.46. The van der Waals surface area contributed by atoms with E-state index in [2.05, 4.69) is 138 Å². The smallest absolute Gasteiger partial charge is 0.137 e. The molecule has 2 saturated carbocycles. The lowest BCUT2D eigenvalue weighted by Gasteiger charge is -2.37. The summed E-state index contributed by atoms with van der Waals surface area (Å²) in [6.45, 7) is 0. The van der Waals surface area contributed by atoms with Crippen molar-refractivity contribution >= 4 is 39.0 Å². The van der Waals surface area contributed by atoms with Crippen LogP contribution in [-0.2, 0) is 5.41 Å². The van der Waals surface area contributed by atoms with E-state index in [9.17, 15) is 0 Å². The first kappa shape index (κ1) is 25.3. The summed E-state index contributed by atoms with van der Waals surface area (Å²) in [4.78, 5) is 2.46. The van der Waals surface area contributed by atoms with Gasteiger partial charge in [0.2, 0.25) is 0 Å². The Morgan fingerprint density at radius 1 is 0.556 bits per heavy atom. The van der Waals surface area contributed by atoms with Crippen molar-refractivity contribution in [1.82, 2.24) is 0 Å². The van der Waals surface area contributed by atoms with Crippen LogP contribution in [0, 0.1) is 11.8 Å². The second-order valence-electron chi connectivity index (χ2n) is 13.3. The van der Waals surface area contributed by atoms with Gasteiger partial charge in [0.15, 0.2) is 0 Å². The van der Waals surface area contributed by atoms with Crippen LogP contribution in [0.1, 0.15) is 36.8 Å². The van der Waals surface area contributed by atoms with Crippen LogP contribution >= 0.6 is 0 Å². The highest BCUT2D eigenvalue weighted by Crippen LogP contribution is 2.66. The molecule has 2 bridgehead atoms. The molecule has 0 saturated heterocycles. The number of nitrogens with zero attached hydrogens (tertiary/aromatic N) is 1. The van der Waals surface area contributed by atoms with Gasteiger partial charge < -0.3 is 9.32 Å². The molecule has 6 aromatic carbocycles. The maximum absolute atomic E-state index is 6.43. The molecule has 3 unspecified atom stereocenters. The van der Waals surface area contributed by atoms with Crippen LogP contribution < -0.4 is 4.90 Å². The fourth-order valence-electron chi connectivity index (χ4n) is 9.33. The molecule has 0 radical (unpaired) electrons. The average molecular weight is 580 g/mol. The molecule has 3 aliphatic rings. The number of anilines is 3. The van der Waals surface area contributed by atoms with E-state index < -0.39 is 0 Å². The lowest BCUT2D eigenvalue weighted by Crippen LogP contribution is -2.32. The van der Waals surface area contributed by atoms with Gasteiger partial charge in [-0.15, -0.1) is 0 Å². The van der Waals surface area contributed by atoms with Gasteiger partial charge in [-0.25, -0.2) is 0 Å². The molecule has 3 atom stereocenters. The molecular formula is C43H33NO. The molecule has 1 spiro atoms. The number of furan rings is 1. The molecule has 216 valence electrons. The SMILES string of the molecule is c1ccc(-c2ccccc2N(c2ccc3c(c2)C2(CC4CCC2C4)c2ccccc2-3)c2ccc3c(c2)oc2ccccc23)cc1. The van der Waals surface area contributed by atoms with Crippen LogP contribution in [-0.4, -0.2) is 0 Å². The first-order valence-electron chi connectivity index (χ1n) is 16.4. The lowest BCUT2D eigenvalue weighted by molar-refractivity contribution is 0.327. The Morgan fingerprint density at radius 3 is 2.13 bits per heavy atom. The van der Waals surface area contributed by atoms with Gasteiger partial charge in [-0.1, -0.05) is 103 Å². The molecule has 3 aliphatic carbocycles. The number of hydrogen-bond donors (Lipinski definition) is 0. The summed E-state index contributed by atoms with van der Waals surface area (Å²) in [6, 6.07) is 51.2. The van der Waals surface area contributed by atoms with E-state index in [1.165, 1.54) is 59.2 Å². The minimum absolute atomic E-state index is 0.123. The van der Waals surface area contributed by atoms with E-state index >= 15 is 0 Å². The minimum atomic E-state index is 0.123. The van der Waals surface area contributed by atoms with Crippen molar-refractivity contribution in [2.75, 3.05) is 4.90 Å². The summed E-state index contributed by atoms with van der Waals surface area (Å²) < 4.78 is 6.43. The largest absolute Gasteiger partial charge is 0.456 e. The van der Waals surface area contributed by atoms with Crippen molar-refractivity contribution < 1.29 is 4.42 Å². The number of para-hydroxylation sites is 2. The Morgan fingerprint density at radius 2 is 1.27 bits per heavy atom. The van der Waals surface area contributed by atoms with E-state index in [0.717, 1.165) is 45.1 Å². The lowest BCUT2D eigenvalue weighted by atomic mass is 9.67. The quantitative estimate of drug-likeness (QED) is 0.206. The summed E-state index contributed by atoms with van der Waals surface area (Å²) in [5.41, 5.74) is 13.8. The molecule has 2 fully saturated rings. The second-order valence-corrected chi connectivity index (χ2v) is 13.3. The summed E-state index contributed by atoms with van der Waals surface area (Å²) in [5.74, 6) is 1.56. The molecule has 0 N–H and O–H groups in total. The fourth-order valence-corrected chi connectivity index (χ4v) is 9.33. The van der Waals surface area contributed by atoms with E-state index in [0.29, 0.717) is 0 Å². The van der Waals surface area contributed by atoms with Gasteiger partial charge in [0.1, 0.15) is 11.2 Å². The predicted octanol–water partition coefficient (Wildman–Crippen LogP) is 11.8. The maximum Gasteiger partial charge on any atom is 0.137 e. The van der Waals surface area contributed by atoms with Crippen molar-refractivity contribution in [2.24, 2.45) is 11.8 Å². The molecule has 2 nitrogen and oxygen atoms in total. The zero-order valence-corrected chi connectivity index (χ0v) is 25.1. The fraction of sp³-hybridized carbons (Fsp3) is 0.163. The van der Waals surface area contributed by atoms with E-state index in [-0.39, 0.29) is 5.41 Å². The van der Waals surface area contributed by atoms with Gasteiger partial charge in [-0.3, -0.25) is 0 Å². The van der Waals surface area contributed by atoms with Gasteiger partial charge >= 0.3 is 0 Å². The van der Waals surface area contributed by atoms with Gasteiger partial charge in [-0.05, 0) is 95.3 Å². The van der Waals surface area contributed by atoms with E-state index in [1.807, 2.05) is 6.07 Å². The highest BCUT2D eigenvalue weighted by atomic mass is 16.3. The summed E-state index contributed by atoms with van der Waals surface area (Å²) in [5, 5.41) is 2.31. The Labute approximate surface area is 263 Å². The maximum atomic E-state index is 6.43. The minimum Gasteiger partial charge on any atom is -0.456 e. The average Bonchev–Trinajstić information content (AvgIpc) is 3.87. The highest BCUT2D eigenvalue weighted by Gasteiger charge is 2.56. The molecule has 0 aliphatic heterocycles. The van der Waals surface area contributed by atoms with Crippen LogP contribution in [0.3, 0.4) is 0 Å². The monoisotopic (exact) mass is 579 g/mol. The summed E-state index contributed by atoms with van der Waals surface area (Å²) in [7, 11) is 0. The van der Waals surface area contributed by atoms with Crippen molar-refractivity contribution in [1.29, 1.82) is 0 Å². The molecule has 0 amide bonds. The number of rotatable bonds is 4. The first-order valence-corrected chi connectivity index (χ1v) is 16.4. The van der Waals surface area contributed by atoms with Crippen molar-refractivity contribution in [3.05, 3.63) is 151 Å². The third kappa shape index (κ3) is 3.57. The summed E-state index contributed by atoms with van der Waals surface area (Å²) >= 11 is 0. The Hall–Kier alpha value is -5.08. The van der Waals surface area contributed by atoms with Gasteiger partial charge in [-0.2, -0.15) is 0 Å². The van der Waals surface area contributed by atoms with Crippen LogP contribution in [0.15, 0.2) is 144 Å². The molecule has 45 heavy (non-hydrogen) atoms.